The predicted octanol–water partition coefficient (Wildman–Crippen LogP) is 2.65. The molecule has 1 N–H and O–H groups in total. The van der Waals surface area contributed by atoms with Crippen molar-refractivity contribution in [3.05, 3.63) is 47.0 Å². The minimum atomic E-state index is -0.810. The van der Waals surface area contributed by atoms with Crippen LogP contribution in [0.2, 0.25) is 0 Å². The van der Waals surface area contributed by atoms with Crippen LogP contribution < -0.4 is 0 Å². The molecule has 0 saturated carbocycles. The highest BCUT2D eigenvalue weighted by molar-refractivity contribution is 9.10. The molecule has 0 radical (unpaired) electrons. The summed E-state index contributed by atoms with van der Waals surface area (Å²) in [5, 5.41) is 8.67. The Morgan fingerprint density at radius 3 is 2.71 bits per heavy atom. The Kier molecular flexibility index (Phi) is 3.58. The number of carbonyl (C=O) groups is 1. The van der Waals surface area contributed by atoms with Crippen LogP contribution >= 0.6 is 15.9 Å². The van der Waals surface area contributed by atoms with E-state index in [1.54, 1.807) is 6.20 Å². The Labute approximate surface area is 107 Å². The normalized spacial score (nSPS) is 10.4. The van der Waals surface area contributed by atoms with Gasteiger partial charge in [0.05, 0.1) is 6.42 Å². The summed E-state index contributed by atoms with van der Waals surface area (Å²) in [6.45, 7) is 0. The van der Waals surface area contributed by atoms with E-state index in [9.17, 15) is 4.79 Å². The van der Waals surface area contributed by atoms with E-state index in [1.165, 1.54) is 0 Å². The molecule has 17 heavy (non-hydrogen) atoms. The van der Waals surface area contributed by atoms with Gasteiger partial charge >= 0.3 is 5.97 Å². The molecule has 1 heterocycles. The van der Waals surface area contributed by atoms with Crippen molar-refractivity contribution in [3.63, 3.8) is 0 Å². The summed E-state index contributed by atoms with van der Waals surface area (Å²) in [6.07, 6.45) is 4.03. The quantitative estimate of drug-likeness (QED) is 0.943. The van der Waals surface area contributed by atoms with Gasteiger partial charge in [-0.05, 0) is 24.3 Å². The number of aryl methyl sites for hydroxylation is 1. The summed E-state index contributed by atoms with van der Waals surface area (Å²) in [5.41, 5.74) is 0.978. The molecule has 0 atom stereocenters. The number of carboxylic acid groups (broad SMARTS) is 1. The van der Waals surface area contributed by atoms with E-state index in [1.807, 2.05) is 35.0 Å². The first-order valence-corrected chi connectivity index (χ1v) is 5.96. The van der Waals surface area contributed by atoms with Crippen LogP contribution in [0.4, 0.5) is 0 Å². The zero-order valence-electron chi connectivity index (χ0n) is 9.01. The van der Waals surface area contributed by atoms with Crippen molar-refractivity contribution in [2.45, 2.75) is 12.8 Å². The van der Waals surface area contributed by atoms with Gasteiger partial charge in [0, 0.05) is 29.0 Å². The summed E-state index contributed by atoms with van der Waals surface area (Å²) in [5.74, 6) is -0.0509. The second-order valence-electron chi connectivity index (χ2n) is 3.58. The highest BCUT2D eigenvalue weighted by Gasteiger charge is 2.07. The van der Waals surface area contributed by atoms with E-state index >= 15 is 0 Å². The van der Waals surface area contributed by atoms with Gasteiger partial charge in [0.2, 0.25) is 0 Å². The maximum atomic E-state index is 10.5. The number of rotatable bonds is 4. The molecule has 0 amide bonds. The van der Waals surface area contributed by atoms with Gasteiger partial charge in [-0.15, -0.1) is 0 Å². The molecule has 0 saturated heterocycles. The number of aliphatic carboxylic acids is 1. The lowest BCUT2D eigenvalue weighted by Gasteiger charge is -2.06. The molecule has 0 unspecified atom stereocenters. The van der Waals surface area contributed by atoms with E-state index in [-0.39, 0.29) is 6.42 Å². The lowest BCUT2D eigenvalue weighted by Crippen LogP contribution is -2.04. The largest absolute Gasteiger partial charge is 0.481 e. The second kappa shape index (κ2) is 5.14. The van der Waals surface area contributed by atoms with Crippen LogP contribution in [-0.2, 0) is 11.2 Å². The van der Waals surface area contributed by atoms with Crippen molar-refractivity contribution in [1.82, 2.24) is 9.55 Å². The average molecular weight is 295 g/mol. The number of halogens is 1. The smallest absolute Gasteiger partial charge is 0.303 e. The van der Waals surface area contributed by atoms with Gasteiger partial charge < -0.3 is 9.67 Å². The highest BCUT2D eigenvalue weighted by atomic mass is 79.9. The van der Waals surface area contributed by atoms with E-state index in [2.05, 4.69) is 20.9 Å². The van der Waals surface area contributed by atoms with Crippen molar-refractivity contribution in [1.29, 1.82) is 0 Å². The topological polar surface area (TPSA) is 55.1 Å². The average Bonchev–Trinajstić information content (AvgIpc) is 2.75. The molecule has 0 aliphatic heterocycles. The third-order valence-electron chi connectivity index (χ3n) is 2.38. The van der Waals surface area contributed by atoms with Gasteiger partial charge in [-0.1, -0.05) is 15.9 Å². The van der Waals surface area contributed by atoms with Crippen LogP contribution in [0.1, 0.15) is 12.2 Å². The summed E-state index contributed by atoms with van der Waals surface area (Å²) >= 11 is 3.37. The molecule has 0 spiro atoms. The van der Waals surface area contributed by atoms with Crippen LogP contribution in [0.25, 0.3) is 5.69 Å². The van der Waals surface area contributed by atoms with Gasteiger partial charge in [-0.3, -0.25) is 4.79 Å². The second-order valence-corrected chi connectivity index (χ2v) is 4.50. The standard InChI is InChI=1S/C12H11BrN2O2/c13-9-1-3-10(4-2-9)15-8-7-14-11(15)5-6-12(16)17/h1-4,7-8H,5-6H2,(H,16,17). The predicted molar refractivity (Wildman–Crippen MR) is 67.2 cm³/mol. The highest BCUT2D eigenvalue weighted by Crippen LogP contribution is 2.16. The third kappa shape index (κ3) is 2.94. The van der Waals surface area contributed by atoms with Gasteiger partial charge in [-0.25, -0.2) is 4.98 Å². The lowest BCUT2D eigenvalue weighted by molar-refractivity contribution is -0.137. The molecule has 0 aliphatic rings. The van der Waals surface area contributed by atoms with Gasteiger partial charge in [0.1, 0.15) is 5.82 Å². The maximum absolute atomic E-state index is 10.5. The van der Waals surface area contributed by atoms with E-state index < -0.39 is 5.97 Å². The number of benzene rings is 1. The summed E-state index contributed by atoms with van der Waals surface area (Å²) in [7, 11) is 0. The Morgan fingerprint density at radius 1 is 1.35 bits per heavy atom. The van der Waals surface area contributed by atoms with Crippen molar-refractivity contribution in [3.8, 4) is 5.69 Å². The number of carboxylic acids is 1. The molecule has 1 aromatic carbocycles. The van der Waals surface area contributed by atoms with Gasteiger partial charge in [-0.2, -0.15) is 0 Å². The van der Waals surface area contributed by atoms with Crippen LogP contribution in [0.5, 0.6) is 0 Å². The van der Waals surface area contributed by atoms with Crippen molar-refractivity contribution in [2.24, 2.45) is 0 Å². The van der Waals surface area contributed by atoms with Crippen LogP contribution in [0.3, 0.4) is 0 Å². The SMILES string of the molecule is O=C(O)CCc1nccn1-c1ccc(Br)cc1. The molecule has 1 aromatic heterocycles. The first-order chi connectivity index (χ1) is 8.16. The summed E-state index contributed by atoms with van der Waals surface area (Å²) < 4.78 is 2.91. The number of nitrogens with zero attached hydrogens (tertiary/aromatic N) is 2. The van der Waals surface area contributed by atoms with E-state index in [0.29, 0.717) is 6.42 Å². The Hall–Kier alpha value is -1.62. The molecule has 4 nitrogen and oxygen atoms in total. The van der Waals surface area contributed by atoms with Crippen LogP contribution in [0, 0.1) is 0 Å². The number of aromatic nitrogens is 2. The monoisotopic (exact) mass is 294 g/mol. The molecular weight excluding hydrogens is 284 g/mol. The lowest BCUT2D eigenvalue weighted by atomic mass is 10.2. The van der Waals surface area contributed by atoms with Gasteiger partial charge in [0.25, 0.3) is 0 Å². The van der Waals surface area contributed by atoms with E-state index in [4.69, 9.17) is 5.11 Å². The van der Waals surface area contributed by atoms with Crippen molar-refractivity contribution >= 4 is 21.9 Å². The number of hydrogen-bond acceptors (Lipinski definition) is 2. The number of hydrogen-bond donors (Lipinski definition) is 1. The molecule has 2 aromatic rings. The molecule has 2 rings (SSSR count). The van der Waals surface area contributed by atoms with Crippen molar-refractivity contribution in [2.75, 3.05) is 0 Å². The zero-order valence-corrected chi connectivity index (χ0v) is 10.6. The maximum Gasteiger partial charge on any atom is 0.303 e. The fourth-order valence-electron chi connectivity index (χ4n) is 1.57. The fourth-order valence-corrected chi connectivity index (χ4v) is 1.84. The molecule has 0 aliphatic carbocycles. The molecular formula is C12H11BrN2O2. The minimum absolute atomic E-state index is 0.0908. The Morgan fingerprint density at radius 2 is 2.06 bits per heavy atom. The molecule has 88 valence electrons. The molecule has 5 heteroatoms. The Balaban J connectivity index is 2.24. The Bertz CT molecular complexity index is 520. The van der Waals surface area contributed by atoms with Crippen LogP contribution in [0.15, 0.2) is 41.1 Å². The zero-order chi connectivity index (χ0) is 12.3. The first-order valence-electron chi connectivity index (χ1n) is 5.17. The summed E-state index contributed by atoms with van der Waals surface area (Å²) in [4.78, 5) is 14.7. The van der Waals surface area contributed by atoms with Gasteiger partial charge in [0.15, 0.2) is 0 Å². The fraction of sp³-hybridized carbons (Fsp3) is 0.167. The molecule has 0 fully saturated rings. The molecule has 0 bridgehead atoms. The van der Waals surface area contributed by atoms with Crippen LogP contribution in [-0.4, -0.2) is 20.6 Å². The van der Waals surface area contributed by atoms with E-state index in [0.717, 1.165) is 16.0 Å². The summed E-state index contributed by atoms with van der Waals surface area (Å²) in [6, 6.07) is 7.79. The minimum Gasteiger partial charge on any atom is -0.481 e. The number of imidazole rings is 1. The third-order valence-corrected chi connectivity index (χ3v) is 2.91. The van der Waals surface area contributed by atoms with Crippen molar-refractivity contribution < 1.29 is 9.90 Å². The first kappa shape index (κ1) is 11.9.